The van der Waals surface area contributed by atoms with Crippen LogP contribution in [0.25, 0.3) is 0 Å². The highest BCUT2D eigenvalue weighted by Gasteiger charge is 2.52. The Bertz CT molecular complexity index is 1800. The van der Waals surface area contributed by atoms with Gasteiger partial charge in [0.2, 0.25) is 10.0 Å². The molecule has 2 aromatic carbocycles. The molecule has 3 aliphatic rings. The molecule has 1 unspecified atom stereocenters. The van der Waals surface area contributed by atoms with Crippen LogP contribution in [-0.2, 0) is 22.0 Å². The molecule has 1 spiro atoms. The lowest BCUT2D eigenvalue weighted by Gasteiger charge is -2.39. The zero-order valence-corrected chi connectivity index (χ0v) is 25.6. The van der Waals surface area contributed by atoms with E-state index >= 15 is 0 Å². The summed E-state index contributed by atoms with van der Waals surface area (Å²) >= 11 is 0. The molecule has 44 heavy (non-hydrogen) atoms. The summed E-state index contributed by atoms with van der Waals surface area (Å²) in [6.07, 6.45) is 0.923. The van der Waals surface area contributed by atoms with Crippen molar-refractivity contribution in [3.05, 3.63) is 88.9 Å². The number of hydrogen-bond donors (Lipinski definition) is 3. The molecule has 4 heterocycles. The lowest BCUT2D eigenvalue weighted by molar-refractivity contribution is 0.0642. The van der Waals surface area contributed by atoms with E-state index in [-0.39, 0.29) is 35.4 Å². The molecule has 11 nitrogen and oxygen atoms in total. The van der Waals surface area contributed by atoms with Gasteiger partial charge < -0.3 is 15.1 Å². The molecule has 0 radical (unpaired) electrons. The number of piperidine rings is 1. The second-order valence-corrected chi connectivity index (χ2v) is 15.5. The third-order valence-corrected chi connectivity index (χ3v) is 12.8. The van der Waals surface area contributed by atoms with Gasteiger partial charge in [-0.2, -0.15) is 15.7 Å². The van der Waals surface area contributed by atoms with Gasteiger partial charge in [-0.3, -0.25) is 18.2 Å². The Morgan fingerprint density at radius 1 is 1.11 bits per heavy atom. The molecule has 0 saturated carbocycles. The topological polar surface area (TPSA) is 162 Å². The quantitative estimate of drug-likeness (QED) is 0.217. The number of fused-ring (bicyclic) bond motifs is 2. The maximum atomic E-state index is 14.0. The number of carbonyl (C=O) groups excluding carboxylic acids is 1. The molecule has 3 aliphatic heterocycles. The molecule has 13 heteroatoms. The van der Waals surface area contributed by atoms with Crippen molar-refractivity contribution in [2.45, 2.75) is 36.5 Å². The lowest BCUT2D eigenvalue weighted by atomic mass is 9.74. The SMILES string of the molecule is C=N/N=C1/CC(S(=O)(=O)N2CC3(CCN(C(=O)c4ccc(C#Cc5ccccc5)o4)CC3)c3cc(CN)ccc32)CS1(O)O. The minimum atomic E-state index is -4.01. The summed E-state index contributed by atoms with van der Waals surface area (Å²) in [5.41, 5.74) is 8.56. The predicted octanol–water partition coefficient (Wildman–Crippen LogP) is 4.00. The van der Waals surface area contributed by atoms with Crippen LogP contribution >= 0.6 is 10.6 Å². The molecule has 1 atom stereocenters. The monoisotopic (exact) mass is 635 g/mol. The summed E-state index contributed by atoms with van der Waals surface area (Å²) in [6, 6.07) is 18.3. The number of likely N-dealkylation sites (tertiary alicyclic amines) is 1. The zero-order valence-electron chi connectivity index (χ0n) is 23.9. The maximum Gasteiger partial charge on any atom is 0.289 e. The van der Waals surface area contributed by atoms with Crippen LogP contribution in [0.1, 0.15) is 52.3 Å². The lowest BCUT2D eigenvalue weighted by Crippen LogP contribution is -2.48. The van der Waals surface area contributed by atoms with Crippen LogP contribution in [0.15, 0.2) is 75.3 Å². The molecule has 3 aromatic rings. The second kappa shape index (κ2) is 11.5. The van der Waals surface area contributed by atoms with Crippen molar-refractivity contribution in [2.24, 2.45) is 15.9 Å². The first-order chi connectivity index (χ1) is 21.1. The fourth-order valence-corrected chi connectivity index (χ4v) is 10.7. The van der Waals surface area contributed by atoms with Crippen LogP contribution in [0.3, 0.4) is 0 Å². The van der Waals surface area contributed by atoms with Gasteiger partial charge in [0.25, 0.3) is 5.91 Å². The molecule has 6 rings (SSSR count). The van der Waals surface area contributed by atoms with E-state index in [4.69, 9.17) is 10.2 Å². The molecule has 0 bridgehead atoms. The van der Waals surface area contributed by atoms with E-state index in [0.717, 1.165) is 16.7 Å². The highest BCUT2D eigenvalue weighted by molar-refractivity contribution is 8.37. The number of rotatable bonds is 5. The Balaban J connectivity index is 1.22. The van der Waals surface area contributed by atoms with Crippen LogP contribution in [0.4, 0.5) is 5.69 Å². The minimum Gasteiger partial charge on any atom is -0.443 e. The minimum absolute atomic E-state index is 0.0485. The van der Waals surface area contributed by atoms with Gasteiger partial charge in [0.1, 0.15) is 10.3 Å². The fraction of sp³-hybridized carbons (Fsp3) is 0.323. The van der Waals surface area contributed by atoms with E-state index < -0.39 is 31.3 Å². The number of furan rings is 1. The Labute approximate surface area is 257 Å². The van der Waals surface area contributed by atoms with Crippen LogP contribution in [-0.4, -0.2) is 70.7 Å². The largest absolute Gasteiger partial charge is 0.443 e. The van der Waals surface area contributed by atoms with E-state index in [1.165, 1.54) is 4.31 Å². The summed E-state index contributed by atoms with van der Waals surface area (Å²) in [6.45, 7) is 4.54. The number of nitrogens with zero attached hydrogens (tertiary/aromatic N) is 4. The van der Waals surface area contributed by atoms with Gasteiger partial charge in [-0.15, -0.1) is 5.10 Å². The van der Waals surface area contributed by atoms with Gasteiger partial charge in [-0.25, -0.2) is 8.42 Å². The van der Waals surface area contributed by atoms with E-state index in [0.29, 0.717) is 43.9 Å². The number of hydrogen-bond acceptors (Lipinski definition) is 9. The van der Waals surface area contributed by atoms with E-state index in [2.05, 4.69) is 28.8 Å². The number of carbonyl (C=O) groups is 1. The van der Waals surface area contributed by atoms with Crippen molar-refractivity contribution in [3.63, 3.8) is 0 Å². The van der Waals surface area contributed by atoms with Crippen LogP contribution in [0.5, 0.6) is 0 Å². The Hall–Kier alpha value is -3.93. The number of benzene rings is 2. The van der Waals surface area contributed by atoms with Gasteiger partial charge in [-0.05, 0) is 60.2 Å². The van der Waals surface area contributed by atoms with Gasteiger partial charge in [0.05, 0.1) is 11.4 Å². The average Bonchev–Trinajstić information content (AvgIpc) is 3.72. The molecular formula is C31H33N5O6S2. The van der Waals surface area contributed by atoms with Crippen molar-refractivity contribution < 1.29 is 26.7 Å². The van der Waals surface area contributed by atoms with Crippen molar-refractivity contribution >= 4 is 44.0 Å². The number of anilines is 1. The first-order valence-corrected chi connectivity index (χ1v) is 17.4. The highest BCUT2D eigenvalue weighted by atomic mass is 32.3. The third kappa shape index (κ3) is 5.44. The number of sulfonamides is 1. The van der Waals surface area contributed by atoms with Crippen LogP contribution in [0, 0.1) is 11.8 Å². The van der Waals surface area contributed by atoms with Gasteiger partial charge in [0.15, 0.2) is 11.5 Å². The van der Waals surface area contributed by atoms with E-state index in [9.17, 15) is 22.3 Å². The van der Waals surface area contributed by atoms with E-state index in [1.54, 1.807) is 23.1 Å². The van der Waals surface area contributed by atoms with Crippen molar-refractivity contribution in [1.29, 1.82) is 0 Å². The van der Waals surface area contributed by atoms with Crippen LogP contribution in [0.2, 0.25) is 0 Å². The van der Waals surface area contributed by atoms with Crippen LogP contribution < -0.4 is 10.0 Å². The molecule has 2 saturated heterocycles. The molecule has 4 N–H and O–H groups in total. The summed E-state index contributed by atoms with van der Waals surface area (Å²) in [4.78, 5) is 15.1. The van der Waals surface area contributed by atoms with Gasteiger partial charge in [0, 0.05) is 50.3 Å². The highest BCUT2D eigenvalue weighted by Crippen LogP contribution is 2.53. The third-order valence-electron chi connectivity index (χ3n) is 8.62. The first kappa shape index (κ1) is 30.1. The molecule has 0 aliphatic carbocycles. The average molecular weight is 636 g/mol. The molecule has 1 amide bonds. The van der Waals surface area contributed by atoms with E-state index in [1.807, 2.05) is 42.5 Å². The normalized spacial score (nSPS) is 22.0. The number of nitrogens with two attached hydrogens (primary N) is 1. The molecule has 230 valence electrons. The maximum absolute atomic E-state index is 14.0. The number of amides is 1. The van der Waals surface area contributed by atoms with Gasteiger partial charge >= 0.3 is 0 Å². The van der Waals surface area contributed by atoms with Gasteiger partial charge in [-0.1, -0.05) is 36.3 Å². The summed E-state index contributed by atoms with van der Waals surface area (Å²) in [5.74, 6) is 5.98. The predicted molar refractivity (Wildman–Crippen MR) is 172 cm³/mol. The second-order valence-electron chi connectivity index (χ2n) is 11.3. The molecule has 1 aromatic heterocycles. The Morgan fingerprint density at radius 2 is 1.86 bits per heavy atom. The standard InChI is InChI=1S/C31H33N5O6S2/c1-33-34-29-18-25(20-43(29,38)39)44(40,41)36-21-31(26-17-23(19-32)8-11-27(26)36)13-15-35(16-14-31)30(37)28-12-10-24(42-28)9-7-22-5-3-2-4-6-22/h2-6,8,10-12,17,25,38-39H,1,13-16,18-21,32H2/b34-29-. The first-order valence-electron chi connectivity index (χ1n) is 14.2. The molecular weight excluding hydrogens is 603 g/mol. The summed E-state index contributed by atoms with van der Waals surface area (Å²) in [5, 5.41) is 5.99. The Morgan fingerprint density at radius 3 is 2.57 bits per heavy atom. The smallest absolute Gasteiger partial charge is 0.289 e. The summed E-state index contributed by atoms with van der Waals surface area (Å²) < 4.78 is 56.2. The van der Waals surface area contributed by atoms with Crippen molar-refractivity contribution in [3.8, 4) is 11.8 Å². The fourth-order valence-electron chi connectivity index (χ4n) is 6.22. The zero-order chi connectivity index (χ0) is 31.1. The van der Waals surface area contributed by atoms with Crippen molar-refractivity contribution in [2.75, 3.05) is 29.7 Å². The molecule has 2 fully saturated rings. The Kier molecular flexibility index (Phi) is 7.89. The summed E-state index contributed by atoms with van der Waals surface area (Å²) in [7, 11) is -7.37. The van der Waals surface area contributed by atoms with Crippen molar-refractivity contribution in [1.82, 2.24) is 4.90 Å².